The van der Waals surface area contributed by atoms with Crippen molar-refractivity contribution in [3.05, 3.63) is 18.5 Å². The van der Waals surface area contributed by atoms with Crippen LogP contribution in [0.4, 0.5) is 5.95 Å². The number of hydrogen-bond acceptors (Lipinski definition) is 6. The zero-order valence-corrected chi connectivity index (χ0v) is 12.2. The maximum Gasteiger partial charge on any atom is 0.225 e. The van der Waals surface area contributed by atoms with Gasteiger partial charge in [-0.2, -0.15) is 5.26 Å². The zero-order valence-electron chi connectivity index (χ0n) is 12.2. The molecule has 2 rings (SSSR count). The largest absolute Gasteiger partial charge is 0.338 e. The molecular formula is C14H22N6. The number of piperazine rings is 1. The van der Waals surface area contributed by atoms with Crippen LogP contribution in [-0.4, -0.2) is 59.7 Å². The van der Waals surface area contributed by atoms with E-state index in [1.165, 1.54) is 0 Å². The molecule has 6 heteroatoms. The van der Waals surface area contributed by atoms with Crippen molar-refractivity contribution in [2.45, 2.75) is 25.9 Å². The van der Waals surface area contributed by atoms with E-state index in [1.807, 2.05) is 6.07 Å². The average molecular weight is 274 g/mol. The van der Waals surface area contributed by atoms with Gasteiger partial charge in [0, 0.05) is 51.2 Å². The van der Waals surface area contributed by atoms with Crippen molar-refractivity contribution in [1.82, 2.24) is 20.2 Å². The summed E-state index contributed by atoms with van der Waals surface area (Å²) in [6.45, 7) is 8.60. The highest BCUT2D eigenvalue weighted by Gasteiger charge is 2.21. The molecule has 1 fully saturated rings. The average Bonchev–Trinajstić information content (AvgIpc) is 2.48. The summed E-state index contributed by atoms with van der Waals surface area (Å²) in [4.78, 5) is 13.1. The van der Waals surface area contributed by atoms with Gasteiger partial charge in [0.2, 0.25) is 5.95 Å². The summed E-state index contributed by atoms with van der Waals surface area (Å²) in [5.74, 6) is 0.796. The predicted molar refractivity (Wildman–Crippen MR) is 78.4 cm³/mol. The molecule has 1 atom stereocenters. The fourth-order valence-electron chi connectivity index (χ4n) is 2.38. The van der Waals surface area contributed by atoms with Crippen molar-refractivity contribution in [2.24, 2.45) is 0 Å². The minimum Gasteiger partial charge on any atom is -0.338 e. The monoisotopic (exact) mass is 274 g/mol. The van der Waals surface area contributed by atoms with E-state index in [9.17, 15) is 0 Å². The normalized spacial score (nSPS) is 18.0. The maximum absolute atomic E-state index is 9.17. The minimum atomic E-state index is -0.102. The van der Waals surface area contributed by atoms with Crippen molar-refractivity contribution in [2.75, 3.05) is 37.6 Å². The molecule has 1 aliphatic heterocycles. The van der Waals surface area contributed by atoms with E-state index in [2.05, 4.69) is 45.0 Å². The van der Waals surface area contributed by atoms with Crippen molar-refractivity contribution < 1.29 is 0 Å². The van der Waals surface area contributed by atoms with Crippen LogP contribution >= 0.6 is 0 Å². The van der Waals surface area contributed by atoms with E-state index in [0.29, 0.717) is 6.04 Å². The lowest BCUT2D eigenvalue weighted by molar-refractivity contribution is 0.239. The van der Waals surface area contributed by atoms with Gasteiger partial charge in [0.15, 0.2) is 0 Å². The first kappa shape index (κ1) is 14.7. The summed E-state index contributed by atoms with van der Waals surface area (Å²) in [6.07, 6.45) is 3.54. The molecule has 0 saturated carbocycles. The number of anilines is 1. The Labute approximate surface area is 120 Å². The molecule has 1 unspecified atom stereocenters. The molecule has 0 spiro atoms. The lowest BCUT2D eigenvalue weighted by Gasteiger charge is -2.35. The fraction of sp³-hybridized carbons (Fsp3) is 0.643. The minimum absolute atomic E-state index is 0.102. The second kappa shape index (κ2) is 7.17. The van der Waals surface area contributed by atoms with Crippen molar-refractivity contribution in [3.63, 3.8) is 0 Å². The van der Waals surface area contributed by atoms with E-state index in [1.54, 1.807) is 12.4 Å². The van der Waals surface area contributed by atoms with Crippen LogP contribution < -0.4 is 10.2 Å². The first-order chi connectivity index (χ1) is 9.69. The van der Waals surface area contributed by atoms with Gasteiger partial charge in [-0.15, -0.1) is 0 Å². The Bertz CT molecular complexity index is 433. The smallest absolute Gasteiger partial charge is 0.225 e. The lowest BCUT2D eigenvalue weighted by atomic mass is 10.2. The van der Waals surface area contributed by atoms with Gasteiger partial charge >= 0.3 is 0 Å². The molecule has 0 radical (unpaired) electrons. The Kier molecular flexibility index (Phi) is 5.27. The molecule has 2 heterocycles. The summed E-state index contributed by atoms with van der Waals surface area (Å²) < 4.78 is 0. The lowest BCUT2D eigenvalue weighted by Crippen LogP contribution is -2.51. The maximum atomic E-state index is 9.17. The van der Waals surface area contributed by atoms with Gasteiger partial charge in [0.1, 0.15) is 6.04 Å². The molecule has 1 aromatic heterocycles. The standard InChI is InChI=1S/C14H22N6/c1-12(2)18-13(10-15)11-19-6-8-20(9-7-19)14-16-4-3-5-17-14/h3-5,12-13,18H,6-9,11H2,1-2H3. The van der Waals surface area contributed by atoms with Gasteiger partial charge in [-0.05, 0) is 19.9 Å². The molecular weight excluding hydrogens is 252 g/mol. The predicted octanol–water partition coefficient (Wildman–Crippen LogP) is 0.489. The van der Waals surface area contributed by atoms with Gasteiger partial charge in [0.25, 0.3) is 0 Å². The van der Waals surface area contributed by atoms with Crippen LogP contribution in [0.1, 0.15) is 13.8 Å². The van der Waals surface area contributed by atoms with Gasteiger partial charge in [0.05, 0.1) is 6.07 Å². The highest BCUT2D eigenvalue weighted by molar-refractivity contribution is 5.29. The second-order valence-corrected chi connectivity index (χ2v) is 5.34. The third-order valence-electron chi connectivity index (χ3n) is 3.34. The summed E-state index contributed by atoms with van der Waals surface area (Å²) in [5.41, 5.74) is 0. The molecule has 6 nitrogen and oxygen atoms in total. The van der Waals surface area contributed by atoms with Crippen molar-refractivity contribution >= 4 is 5.95 Å². The van der Waals surface area contributed by atoms with Gasteiger partial charge in [-0.25, -0.2) is 9.97 Å². The number of nitriles is 1. The molecule has 0 aromatic carbocycles. The third kappa shape index (κ3) is 4.15. The van der Waals surface area contributed by atoms with E-state index >= 15 is 0 Å². The van der Waals surface area contributed by atoms with Crippen LogP contribution in [-0.2, 0) is 0 Å². The van der Waals surface area contributed by atoms with Crippen LogP contribution in [0.2, 0.25) is 0 Å². The molecule has 1 saturated heterocycles. The van der Waals surface area contributed by atoms with Gasteiger partial charge in [-0.1, -0.05) is 0 Å². The van der Waals surface area contributed by atoms with E-state index in [0.717, 1.165) is 38.7 Å². The molecule has 1 aromatic rings. The van der Waals surface area contributed by atoms with Crippen LogP contribution in [0.15, 0.2) is 18.5 Å². The van der Waals surface area contributed by atoms with E-state index in [4.69, 9.17) is 5.26 Å². The number of rotatable bonds is 5. The molecule has 108 valence electrons. The molecule has 0 bridgehead atoms. The Morgan fingerprint density at radius 2 is 1.90 bits per heavy atom. The van der Waals surface area contributed by atoms with Crippen LogP contribution in [0.25, 0.3) is 0 Å². The second-order valence-electron chi connectivity index (χ2n) is 5.34. The van der Waals surface area contributed by atoms with Crippen LogP contribution in [0, 0.1) is 11.3 Å². The molecule has 1 N–H and O–H groups in total. The Hall–Kier alpha value is -1.71. The van der Waals surface area contributed by atoms with Crippen LogP contribution in [0.3, 0.4) is 0 Å². The highest BCUT2D eigenvalue weighted by Crippen LogP contribution is 2.09. The zero-order chi connectivity index (χ0) is 14.4. The fourth-order valence-corrected chi connectivity index (χ4v) is 2.38. The van der Waals surface area contributed by atoms with Gasteiger partial charge in [-0.3, -0.25) is 10.2 Å². The number of aromatic nitrogens is 2. The van der Waals surface area contributed by atoms with Crippen molar-refractivity contribution in [1.29, 1.82) is 5.26 Å². The number of nitrogens with zero attached hydrogens (tertiary/aromatic N) is 5. The first-order valence-corrected chi connectivity index (χ1v) is 7.09. The van der Waals surface area contributed by atoms with Crippen LogP contribution in [0.5, 0.6) is 0 Å². The van der Waals surface area contributed by atoms with E-state index in [-0.39, 0.29) is 6.04 Å². The van der Waals surface area contributed by atoms with Gasteiger partial charge < -0.3 is 4.90 Å². The van der Waals surface area contributed by atoms with E-state index < -0.39 is 0 Å². The molecule has 0 aliphatic carbocycles. The first-order valence-electron chi connectivity index (χ1n) is 7.09. The molecule has 1 aliphatic rings. The highest BCUT2D eigenvalue weighted by atomic mass is 15.3. The third-order valence-corrected chi connectivity index (χ3v) is 3.34. The SMILES string of the molecule is CC(C)NC(C#N)CN1CCN(c2ncccn2)CC1. The van der Waals surface area contributed by atoms with Crippen molar-refractivity contribution in [3.8, 4) is 6.07 Å². The quantitative estimate of drug-likeness (QED) is 0.843. The summed E-state index contributed by atoms with van der Waals surface area (Å²) >= 11 is 0. The summed E-state index contributed by atoms with van der Waals surface area (Å²) in [7, 11) is 0. The molecule has 0 amide bonds. The Morgan fingerprint density at radius 3 is 2.45 bits per heavy atom. The summed E-state index contributed by atoms with van der Waals surface area (Å²) in [6, 6.07) is 4.39. The number of hydrogen-bond donors (Lipinski definition) is 1. The number of nitrogens with one attached hydrogen (secondary N) is 1. The Morgan fingerprint density at radius 1 is 1.25 bits per heavy atom. The Balaban J connectivity index is 1.81. The molecule has 20 heavy (non-hydrogen) atoms. The summed E-state index contributed by atoms with van der Waals surface area (Å²) in [5, 5.41) is 12.4. The topological polar surface area (TPSA) is 68.1 Å².